The van der Waals surface area contributed by atoms with Gasteiger partial charge in [0.15, 0.2) is 0 Å². The molecule has 1 amide bonds. The van der Waals surface area contributed by atoms with Gasteiger partial charge in [0, 0.05) is 11.4 Å². The van der Waals surface area contributed by atoms with Gasteiger partial charge in [-0.05, 0) is 59.1 Å². The molecule has 1 atom stereocenters. The maximum Gasteiger partial charge on any atom is 0.407 e. The molecule has 8 nitrogen and oxygen atoms in total. The number of thiophene rings is 1. The van der Waals surface area contributed by atoms with E-state index < -0.39 is 27.9 Å². The van der Waals surface area contributed by atoms with Crippen molar-refractivity contribution in [2.24, 2.45) is 0 Å². The number of rotatable bonds is 9. The number of hydrogen-bond donors (Lipinski definition) is 1. The van der Waals surface area contributed by atoms with Crippen molar-refractivity contribution in [2.75, 3.05) is 19.4 Å². The van der Waals surface area contributed by atoms with Crippen LogP contribution >= 0.6 is 11.3 Å². The standard InChI is InChI=1S/C18H29NO7S2/c1-7-24-16(20)15-10-12(2)14(27-15)9-8-13(26-28(6,22)23)11-19-17(21)25-18(3,4)5/h10,13H,7-9,11H2,1-6H3,(H,19,21)/t13-/m0/s1. The van der Waals surface area contributed by atoms with Gasteiger partial charge in [-0.1, -0.05) is 0 Å². The van der Waals surface area contributed by atoms with Crippen LogP contribution in [0.15, 0.2) is 6.07 Å². The Bertz CT molecular complexity index is 778. The van der Waals surface area contributed by atoms with Crippen LogP contribution < -0.4 is 5.32 Å². The fourth-order valence-corrected chi connectivity index (χ4v) is 4.05. The van der Waals surface area contributed by atoms with Crippen molar-refractivity contribution in [3.05, 3.63) is 21.4 Å². The van der Waals surface area contributed by atoms with E-state index in [9.17, 15) is 18.0 Å². The first-order chi connectivity index (χ1) is 12.8. The number of hydrogen-bond acceptors (Lipinski definition) is 8. The number of alkyl carbamates (subject to hydrolysis) is 1. The highest BCUT2D eigenvalue weighted by atomic mass is 32.2. The second-order valence-electron chi connectivity index (χ2n) is 7.28. The summed E-state index contributed by atoms with van der Waals surface area (Å²) in [7, 11) is -3.70. The summed E-state index contributed by atoms with van der Waals surface area (Å²) in [6.07, 6.45) is 0.392. The van der Waals surface area contributed by atoms with E-state index in [1.165, 1.54) is 11.3 Å². The van der Waals surface area contributed by atoms with Crippen LogP contribution in [0.4, 0.5) is 4.79 Å². The molecule has 0 aliphatic rings. The Hall–Kier alpha value is -1.65. The van der Waals surface area contributed by atoms with Gasteiger partial charge in [0.05, 0.1) is 19.0 Å². The summed E-state index contributed by atoms with van der Waals surface area (Å²) in [6, 6.07) is 1.75. The van der Waals surface area contributed by atoms with Gasteiger partial charge >= 0.3 is 12.1 Å². The first-order valence-corrected chi connectivity index (χ1v) is 11.6. The lowest BCUT2D eigenvalue weighted by Crippen LogP contribution is -2.38. The third-order valence-electron chi connectivity index (χ3n) is 3.37. The molecule has 0 fully saturated rings. The highest BCUT2D eigenvalue weighted by Gasteiger charge is 2.21. The molecule has 0 bridgehead atoms. The molecule has 1 rings (SSSR count). The average Bonchev–Trinajstić information content (AvgIpc) is 2.88. The molecule has 1 N–H and O–H groups in total. The normalized spacial score (nSPS) is 13.1. The van der Waals surface area contributed by atoms with Gasteiger partial charge in [-0.25, -0.2) is 9.59 Å². The number of nitrogens with one attached hydrogen (secondary N) is 1. The predicted octanol–water partition coefficient (Wildman–Crippen LogP) is 3.04. The third kappa shape index (κ3) is 9.52. The van der Waals surface area contributed by atoms with Crippen molar-refractivity contribution in [1.29, 1.82) is 0 Å². The van der Waals surface area contributed by atoms with Crippen molar-refractivity contribution in [1.82, 2.24) is 5.32 Å². The minimum atomic E-state index is -3.70. The molecular formula is C18H29NO7S2. The number of amides is 1. The fourth-order valence-electron chi connectivity index (χ4n) is 2.31. The van der Waals surface area contributed by atoms with Crippen molar-refractivity contribution >= 4 is 33.5 Å². The summed E-state index contributed by atoms with van der Waals surface area (Å²) >= 11 is 1.31. The van der Waals surface area contributed by atoms with Crippen LogP contribution in [0.1, 0.15) is 54.2 Å². The summed E-state index contributed by atoms with van der Waals surface area (Å²) < 4.78 is 38.3. The Balaban J connectivity index is 2.74. The number of esters is 1. The Morgan fingerprint density at radius 3 is 2.46 bits per heavy atom. The predicted molar refractivity (Wildman–Crippen MR) is 107 cm³/mol. The highest BCUT2D eigenvalue weighted by molar-refractivity contribution is 7.86. The maximum atomic E-state index is 11.9. The van der Waals surface area contributed by atoms with Gasteiger partial charge in [-0.15, -0.1) is 11.3 Å². The van der Waals surface area contributed by atoms with Crippen LogP contribution in [0.2, 0.25) is 0 Å². The number of carbonyl (C=O) groups excluding carboxylic acids is 2. The highest BCUT2D eigenvalue weighted by Crippen LogP contribution is 2.25. The molecule has 0 radical (unpaired) electrons. The van der Waals surface area contributed by atoms with Crippen molar-refractivity contribution in [3.63, 3.8) is 0 Å². The number of carbonyl (C=O) groups is 2. The largest absolute Gasteiger partial charge is 0.462 e. The molecule has 160 valence electrons. The molecule has 0 aliphatic carbocycles. The molecule has 0 unspecified atom stereocenters. The van der Waals surface area contributed by atoms with E-state index in [1.807, 2.05) is 6.92 Å². The molecule has 28 heavy (non-hydrogen) atoms. The first-order valence-electron chi connectivity index (χ1n) is 8.92. The molecule has 0 aliphatic heterocycles. The van der Waals surface area contributed by atoms with Crippen LogP contribution in [0, 0.1) is 6.92 Å². The molecule has 1 aromatic heterocycles. The molecule has 1 heterocycles. The van der Waals surface area contributed by atoms with Crippen LogP contribution in [0.3, 0.4) is 0 Å². The Labute approximate surface area is 170 Å². The van der Waals surface area contributed by atoms with Crippen LogP contribution in [0.25, 0.3) is 0 Å². The molecule has 0 spiro atoms. The van der Waals surface area contributed by atoms with Gasteiger partial charge in [-0.3, -0.25) is 4.18 Å². The lowest BCUT2D eigenvalue weighted by atomic mass is 10.1. The summed E-state index contributed by atoms with van der Waals surface area (Å²) in [5, 5.41) is 2.53. The average molecular weight is 436 g/mol. The van der Waals surface area contributed by atoms with E-state index in [-0.39, 0.29) is 12.5 Å². The summed E-state index contributed by atoms with van der Waals surface area (Å²) in [6.45, 7) is 9.10. The summed E-state index contributed by atoms with van der Waals surface area (Å²) in [4.78, 5) is 25.1. The SMILES string of the molecule is CCOC(=O)c1cc(C)c(CC[C@@H](CNC(=O)OC(C)(C)C)OS(C)(=O)=O)s1. The molecule has 1 aromatic rings. The van der Waals surface area contributed by atoms with E-state index in [1.54, 1.807) is 33.8 Å². The molecule has 0 saturated carbocycles. The summed E-state index contributed by atoms with van der Waals surface area (Å²) in [5.41, 5.74) is 0.265. The quantitative estimate of drug-likeness (QED) is 0.469. The smallest absolute Gasteiger partial charge is 0.407 e. The molecule has 0 aromatic carbocycles. The monoisotopic (exact) mass is 435 g/mol. The molecule has 0 saturated heterocycles. The minimum Gasteiger partial charge on any atom is -0.462 e. The Morgan fingerprint density at radius 1 is 1.29 bits per heavy atom. The van der Waals surface area contributed by atoms with Crippen molar-refractivity contribution in [3.8, 4) is 0 Å². The van der Waals surface area contributed by atoms with E-state index in [2.05, 4.69) is 5.32 Å². The van der Waals surface area contributed by atoms with E-state index >= 15 is 0 Å². The number of ether oxygens (including phenoxy) is 2. The van der Waals surface area contributed by atoms with Gasteiger partial charge in [0.25, 0.3) is 10.1 Å². The molecular weight excluding hydrogens is 406 g/mol. The molecule has 10 heteroatoms. The van der Waals surface area contributed by atoms with E-state index in [4.69, 9.17) is 13.7 Å². The lowest BCUT2D eigenvalue weighted by molar-refractivity contribution is 0.0497. The van der Waals surface area contributed by atoms with Gasteiger partial charge in [0.1, 0.15) is 10.5 Å². The van der Waals surface area contributed by atoms with Gasteiger partial charge in [-0.2, -0.15) is 8.42 Å². The Kier molecular flexibility index (Phi) is 8.90. The Morgan fingerprint density at radius 2 is 1.93 bits per heavy atom. The second-order valence-corrected chi connectivity index (χ2v) is 10.0. The first kappa shape index (κ1) is 24.4. The van der Waals surface area contributed by atoms with Gasteiger partial charge in [0.2, 0.25) is 0 Å². The van der Waals surface area contributed by atoms with Crippen molar-refractivity contribution < 1.29 is 31.7 Å². The van der Waals surface area contributed by atoms with Gasteiger partial charge < -0.3 is 14.8 Å². The van der Waals surface area contributed by atoms with Crippen LogP contribution in [-0.2, 0) is 30.2 Å². The third-order valence-corrected chi connectivity index (χ3v) is 5.27. The second kappa shape index (κ2) is 10.2. The zero-order valence-electron chi connectivity index (χ0n) is 17.2. The zero-order valence-corrected chi connectivity index (χ0v) is 18.8. The zero-order chi connectivity index (χ0) is 21.5. The van der Waals surface area contributed by atoms with E-state index in [0.717, 1.165) is 16.7 Å². The topological polar surface area (TPSA) is 108 Å². The lowest BCUT2D eigenvalue weighted by Gasteiger charge is -2.21. The van der Waals surface area contributed by atoms with Crippen LogP contribution in [-0.4, -0.2) is 51.6 Å². The summed E-state index contributed by atoms with van der Waals surface area (Å²) in [5.74, 6) is -0.377. The minimum absolute atomic E-state index is 0.0167. The van der Waals surface area contributed by atoms with Crippen LogP contribution in [0.5, 0.6) is 0 Å². The van der Waals surface area contributed by atoms with E-state index in [0.29, 0.717) is 24.3 Å². The van der Waals surface area contributed by atoms with Crippen molar-refractivity contribution in [2.45, 2.75) is 59.2 Å². The number of aryl methyl sites for hydroxylation is 2. The maximum absolute atomic E-state index is 11.9. The fraction of sp³-hybridized carbons (Fsp3) is 0.667.